The zero-order valence-corrected chi connectivity index (χ0v) is 23.0. The summed E-state index contributed by atoms with van der Waals surface area (Å²) in [6.45, 7) is 0.477. The summed E-state index contributed by atoms with van der Waals surface area (Å²) in [7, 11) is 1.18. The van der Waals surface area contributed by atoms with Gasteiger partial charge in [-0.15, -0.1) is 0 Å². The summed E-state index contributed by atoms with van der Waals surface area (Å²) in [6, 6.07) is 3.31. The van der Waals surface area contributed by atoms with E-state index in [2.05, 4.69) is 10.6 Å². The average molecular weight is 624 g/mol. The van der Waals surface area contributed by atoms with E-state index in [9.17, 15) is 40.7 Å². The lowest BCUT2D eigenvalue weighted by Crippen LogP contribution is -2.45. The van der Waals surface area contributed by atoms with E-state index in [0.717, 1.165) is 17.4 Å². The van der Waals surface area contributed by atoms with Crippen LogP contribution in [0.2, 0.25) is 10.0 Å². The number of alkyl halides is 6. The van der Waals surface area contributed by atoms with Crippen LogP contribution >= 0.6 is 23.2 Å². The van der Waals surface area contributed by atoms with Gasteiger partial charge in [0.2, 0.25) is 11.8 Å². The van der Waals surface area contributed by atoms with Crippen molar-refractivity contribution in [1.82, 2.24) is 15.5 Å². The molecule has 0 spiro atoms. The molecule has 2 aromatic rings. The van der Waals surface area contributed by atoms with E-state index < -0.39 is 52.9 Å². The molecule has 222 valence electrons. The summed E-state index contributed by atoms with van der Waals surface area (Å²) in [6.07, 6.45) is -6.14. The van der Waals surface area contributed by atoms with Gasteiger partial charge in [-0.1, -0.05) is 35.3 Å². The van der Waals surface area contributed by atoms with Gasteiger partial charge >= 0.3 is 12.4 Å². The van der Waals surface area contributed by atoms with E-state index in [1.165, 1.54) is 25.3 Å². The van der Waals surface area contributed by atoms with Crippen LogP contribution < -0.4 is 10.6 Å². The van der Waals surface area contributed by atoms with Gasteiger partial charge in [0.25, 0.3) is 5.91 Å². The minimum atomic E-state index is -5.14. The molecule has 1 aliphatic rings. The molecule has 3 rings (SSSR count). The normalized spacial score (nSPS) is 17.1. The molecule has 41 heavy (non-hydrogen) atoms. The van der Waals surface area contributed by atoms with Crippen LogP contribution in [0.4, 0.5) is 26.3 Å². The highest BCUT2D eigenvalue weighted by Crippen LogP contribution is 2.36. The van der Waals surface area contributed by atoms with Crippen LogP contribution in [0.1, 0.15) is 46.3 Å². The standard InChI is InChI=1S/C27H25Cl2F6N3O3/c1-38(25(41)16-12-17(26(30,31)32)14-18(13-16)27(33,34)35)19(10-15-5-7-20(28)21(29)11-15)6-8-23(39)37-22-4-2-3-9-36-24(22)40/h5-8,11-14,19,22H,2-4,9-10H2,1H3,(H,36,40)(H,37,39)/t19-,22?/m0/s1. The number of hydrogen-bond acceptors (Lipinski definition) is 3. The van der Waals surface area contributed by atoms with E-state index in [1.54, 1.807) is 6.07 Å². The van der Waals surface area contributed by atoms with Crippen LogP contribution in [0.5, 0.6) is 0 Å². The monoisotopic (exact) mass is 623 g/mol. The molecule has 2 aromatic carbocycles. The van der Waals surface area contributed by atoms with Crippen LogP contribution in [0.3, 0.4) is 0 Å². The number of halogens is 8. The van der Waals surface area contributed by atoms with Crippen molar-refractivity contribution < 1.29 is 40.7 Å². The Kier molecular flexibility index (Phi) is 10.4. The second-order valence-electron chi connectivity index (χ2n) is 9.44. The predicted octanol–water partition coefficient (Wildman–Crippen LogP) is 6.06. The van der Waals surface area contributed by atoms with Crippen molar-refractivity contribution in [2.45, 2.75) is 50.1 Å². The van der Waals surface area contributed by atoms with Crippen molar-refractivity contribution in [1.29, 1.82) is 0 Å². The lowest BCUT2D eigenvalue weighted by molar-refractivity contribution is -0.143. The van der Waals surface area contributed by atoms with Crippen molar-refractivity contribution in [3.8, 4) is 0 Å². The Hall–Kier alpha value is -3.25. The third-order valence-corrected chi connectivity index (χ3v) is 7.14. The first-order valence-electron chi connectivity index (χ1n) is 12.3. The first kappa shape index (κ1) is 32.3. The highest BCUT2D eigenvalue weighted by Gasteiger charge is 2.38. The molecule has 0 aromatic heterocycles. The quantitative estimate of drug-likeness (QED) is 0.291. The molecule has 0 bridgehead atoms. The summed E-state index contributed by atoms with van der Waals surface area (Å²) in [5.74, 6) is -2.18. The predicted molar refractivity (Wildman–Crippen MR) is 140 cm³/mol. The lowest BCUT2D eigenvalue weighted by atomic mass is 10.0. The summed E-state index contributed by atoms with van der Waals surface area (Å²) in [5.41, 5.74) is -3.61. The molecule has 0 radical (unpaired) electrons. The smallest absolute Gasteiger partial charge is 0.354 e. The third kappa shape index (κ3) is 8.87. The van der Waals surface area contributed by atoms with Gasteiger partial charge in [-0.05, 0) is 61.6 Å². The fourth-order valence-corrected chi connectivity index (χ4v) is 4.49. The van der Waals surface area contributed by atoms with E-state index in [1.807, 2.05) is 0 Å². The summed E-state index contributed by atoms with van der Waals surface area (Å²) in [4.78, 5) is 39.0. The number of likely N-dealkylation sites (N-methyl/N-ethyl adjacent to an activating group) is 1. The van der Waals surface area contributed by atoms with Gasteiger partial charge in [0.1, 0.15) is 6.04 Å². The fourth-order valence-electron chi connectivity index (χ4n) is 4.17. The third-order valence-electron chi connectivity index (χ3n) is 6.40. The van der Waals surface area contributed by atoms with Crippen LogP contribution in [0, 0.1) is 0 Å². The van der Waals surface area contributed by atoms with Gasteiger partial charge in [-0.25, -0.2) is 0 Å². The van der Waals surface area contributed by atoms with Crippen molar-refractivity contribution in [2.24, 2.45) is 0 Å². The molecule has 1 unspecified atom stereocenters. The van der Waals surface area contributed by atoms with Gasteiger partial charge in [0.05, 0.1) is 27.2 Å². The van der Waals surface area contributed by atoms with E-state index >= 15 is 0 Å². The Bertz CT molecular complexity index is 1300. The Balaban J connectivity index is 1.94. The first-order chi connectivity index (χ1) is 19.1. The molecule has 1 fully saturated rings. The molecule has 0 saturated carbocycles. The summed E-state index contributed by atoms with van der Waals surface area (Å²) >= 11 is 12.0. The summed E-state index contributed by atoms with van der Waals surface area (Å²) < 4.78 is 80.2. The first-order valence-corrected chi connectivity index (χ1v) is 13.1. The number of benzene rings is 2. The minimum absolute atomic E-state index is 0.0298. The largest absolute Gasteiger partial charge is 0.416 e. The maximum Gasteiger partial charge on any atom is 0.416 e. The minimum Gasteiger partial charge on any atom is -0.354 e. The van der Waals surface area contributed by atoms with Gasteiger partial charge in [0, 0.05) is 25.2 Å². The Morgan fingerprint density at radius 1 is 1.02 bits per heavy atom. The van der Waals surface area contributed by atoms with E-state index in [0.29, 0.717) is 37.1 Å². The van der Waals surface area contributed by atoms with Crippen LogP contribution in [0.25, 0.3) is 0 Å². The number of rotatable bonds is 7. The fraction of sp³-hybridized carbons (Fsp3) is 0.370. The molecule has 3 amide bonds. The molecule has 0 aliphatic carbocycles. The van der Waals surface area contributed by atoms with Gasteiger partial charge in [-0.3, -0.25) is 14.4 Å². The number of amides is 3. The van der Waals surface area contributed by atoms with Crippen LogP contribution in [-0.2, 0) is 28.4 Å². The Labute approximate surface area is 241 Å². The van der Waals surface area contributed by atoms with Gasteiger partial charge in [-0.2, -0.15) is 26.3 Å². The number of carbonyl (C=O) groups is 3. The second kappa shape index (κ2) is 13.2. The van der Waals surface area contributed by atoms with E-state index in [-0.39, 0.29) is 28.4 Å². The Morgan fingerprint density at radius 2 is 1.66 bits per heavy atom. The zero-order chi connectivity index (χ0) is 30.5. The highest BCUT2D eigenvalue weighted by molar-refractivity contribution is 6.42. The number of nitrogens with one attached hydrogen (secondary N) is 2. The zero-order valence-electron chi connectivity index (χ0n) is 21.5. The van der Waals surface area contributed by atoms with Gasteiger partial charge < -0.3 is 15.5 Å². The van der Waals surface area contributed by atoms with Crippen LogP contribution in [0.15, 0.2) is 48.6 Å². The molecule has 2 atom stereocenters. The number of hydrogen-bond donors (Lipinski definition) is 2. The number of nitrogens with zero attached hydrogens (tertiary/aromatic N) is 1. The molecule has 6 nitrogen and oxygen atoms in total. The van der Waals surface area contributed by atoms with Crippen molar-refractivity contribution in [3.05, 3.63) is 80.8 Å². The maximum atomic E-state index is 13.4. The average Bonchev–Trinajstić information content (AvgIpc) is 3.10. The van der Waals surface area contributed by atoms with E-state index in [4.69, 9.17) is 23.2 Å². The van der Waals surface area contributed by atoms with Crippen molar-refractivity contribution >= 4 is 40.9 Å². The molecular weight excluding hydrogens is 599 g/mol. The van der Waals surface area contributed by atoms with Crippen LogP contribution in [-0.4, -0.2) is 48.3 Å². The topological polar surface area (TPSA) is 78.5 Å². The molecular formula is C27H25Cl2F6N3O3. The van der Waals surface area contributed by atoms with Crippen molar-refractivity contribution in [3.63, 3.8) is 0 Å². The Morgan fingerprint density at radius 3 is 2.24 bits per heavy atom. The lowest BCUT2D eigenvalue weighted by Gasteiger charge is -2.27. The molecule has 1 aliphatic heterocycles. The van der Waals surface area contributed by atoms with Gasteiger partial charge in [0.15, 0.2) is 0 Å². The molecule has 2 N–H and O–H groups in total. The molecule has 1 saturated heterocycles. The summed E-state index contributed by atoms with van der Waals surface area (Å²) in [5, 5.41) is 5.64. The maximum absolute atomic E-state index is 13.4. The molecule has 1 heterocycles. The SMILES string of the molecule is CN(C(=O)c1cc(C(F)(F)F)cc(C(F)(F)F)c1)[C@@H](C=CC(=O)NC1CCCCNC1=O)Cc1ccc(Cl)c(Cl)c1. The van der Waals surface area contributed by atoms with Crippen molar-refractivity contribution in [2.75, 3.05) is 13.6 Å². The molecule has 14 heteroatoms. The second-order valence-corrected chi connectivity index (χ2v) is 10.3. The number of carbonyl (C=O) groups excluding carboxylic acids is 3. The highest BCUT2D eigenvalue weighted by atomic mass is 35.5.